The van der Waals surface area contributed by atoms with Crippen molar-refractivity contribution < 1.29 is 14.3 Å². The molecule has 0 aromatic carbocycles. The van der Waals surface area contributed by atoms with Crippen molar-refractivity contribution in [2.24, 2.45) is 5.73 Å². The summed E-state index contributed by atoms with van der Waals surface area (Å²) >= 11 is 1.36. The highest BCUT2D eigenvalue weighted by Gasteiger charge is 2.30. The van der Waals surface area contributed by atoms with Gasteiger partial charge >= 0.3 is 0 Å². The standard InChI is InChI=1S/C13H18N2O3S/c1-18-10-5-7-19-12(10)13(17)15-6-3-2-4-9(15)8-11(14)16/h5,7,9H,2-4,6,8H2,1H3,(H2,14,16)/t9-/m1/s1. The SMILES string of the molecule is COc1ccsc1C(=O)N1CCCC[C@@H]1CC(N)=O. The van der Waals surface area contributed by atoms with Gasteiger partial charge in [0.15, 0.2) is 0 Å². The molecule has 1 fully saturated rings. The molecule has 5 nitrogen and oxygen atoms in total. The van der Waals surface area contributed by atoms with E-state index in [1.165, 1.54) is 11.3 Å². The molecule has 104 valence electrons. The molecular formula is C13H18N2O3S. The van der Waals surface area contributed by atoms with Crippen LogP contribution in [0.4, 0.5) is 0 Å². The van der Waals surface area contributed by atoms with Crippen LogP contribution in [0.5, 0.6) is 5.75 Å². The summed E-state index contributed by atoms with van der Waals surface area (Å²) in [4.78, 5) is 26.0. The molecule has 1 aromatic heterocycles. The highest BCUT2D eigenvalue weighted by atomic mass is 32.1. The Balaban J connectivity index is 2.17. The lowest BCUT2D eigenvalue weighted by Gasteiger charge is -2.35. The van der Waals surface area contributed by atoms with Crippen LogP contribution in [0.25, 0.3) is 0 Å². The first-order valence-corrected chi connectivity index (χ1v) is 7.22. The smallest absolute Gasteiger partial charge is 0.268 e. The highest BCUT2D eigenvalue weighted by molar-refractivity contribution is 7.12. The second kappa shape index (κ2) is 6.06. The third-order valence-electron chi connectivity index (χ3n) is 3.37. The topological polar surface area (TPSA) is 72.6 Å². The summed E-state index contributed by atoms with van der Waals surface area (Å²) in [6.07, 6.45) is 3.07. The van der Waals surface area contributed by atoms with Gasteiger partial charge in [-0.25, -0.2) is 0 Å². The van der Waals surface area contributed by atoms with Gasteiger partial charge in [-0.2, -0.15) is 0 Å². The third-order valence-corrected chi connectivity index (χ3v) is 4.25. The number of nitrogens with two attached hydrogens (primary N) is 1. The number of primary amides is 1. The van der Waals surface area contributed by atoms with E-state index in [0.717, 1.165) is 19.3 Å². The van der Waals surface area contributed by atoms with Crippen molar-refractivity contribution >= 4 is 23.2 Å². The number of hydrogen-bond donors (Lipinski definition) is 1. The molecule has 19 heavy (non-hydrogen) atoms. The van der Waals surface area contributed by atoms with Gasteiger partial charge in [0.25, 0.3) is 5.91 Å². The summed E-state index contributed by atoms with van der Waals surface area (Å²) < 4.78 is 5.18. The number of thiophene rings is 1. The first kappa shape index (κ1) is 13.9. The summed E-state index contributed by atoms with van der Waals surface area (Å²) in [5.74, 6) is 0.180. The van der Waals surface area contributed by atoms with E-state index in [1.54, 1.807) is 18.1 Å². The number of methoxy groups -OCH3 is 1. The van der Waals surface area contributed by atoms with Crippen molar-refractivity contribution in [2.45, 2.75) is 31.7 Å². The fourth-order valence-corrected chi connectivity index (χ4v) is 3.27. The number of nitrogens with zero attached hydrogens (tertiary/aromatic N) is 1. The molecule has 1 atom stereocenters. The molecule has 0 saturated carbocycles. The van der Waals surface area contributed by atoms with Gasteiger partial charge in [-0.05, 0) is 30.7 Å². The Hall–Kier alpha value is -1.56. The van der Waals surface area contributed by atoms with Crippen LogP contribution in [-0.4, -0.2) is 36.4 Å². The number of carbonyl (C=O) groups excluding carboxylic acids is 2. The zero-order valence-corrected chi connectivity index (χ0v) is 11.7. The van der Waals surface area contributed by atoms with E-state index in [1.807, 2.05) is 5.38 Å². The van der Waals surface area contributed by atoms with Gasteiger partial charge in [-0.1, -0.05) is 0 Å². The predicted octanol–water partition coefficient (Wildman–Crippen LogP) is 1.63. The Morgan fingerprint density at radius 1 is 1.53 bits per heavy atom. The normalized spacial score (nSPS) is 19.2. The van der Waals surface area contributed by atoms with Crippen molar-refractivity contribution in [2.75, 3.05) is 13.7 Å². The third kappa shape index (κ3) is 3.07. The first-order chi connectivity index (χ1) is 9.13. The maximum atomic E-state index is 12.5. The van der Waals surface area contributed by atoms with E-state index in [-0.39, 0.29) is 24.3 Å². The van der Waals surface area contributed by atoms with E-state index in [4.69, 9.17) is 10.5 Å². The molecule has 1 aliphatic rings. The van der Waals surface area contributed by atoms with Crippen molar-refractivity contribution in [1.29, 1.82) is 0 Å². The number of piperidine rings is 1. The van der Waals surface area contributed by atoms with E-state index in [0.29, 0.717) is 17.2 Å². The van der Waals surface area contributed by atoms with Crippen LogP contribution in [-0.2, 0) is 4.79 Å². The molecule has 2 rings (SSSR count). The maximum Gasteiger partial charge on any atom is 0.268 e. The molecule has 0 aliphatic carbocycles. The molecule has 2 N–H and O–H groups in total. The van der Waals surface area contributed by atoms with Gasteiger partial charge < -0.3 is 15.4 Å². The average Bonchev–Trinajstić information content (AvgIpc) is 2.86. The zero-order chi connectivity index (χ0) is 13.8. The molecule has 0 spiro atoms. The lowest BCUT2D eigenvalue weighted by molar-refractivity contribution is -0.119. The van der Waals surface area contributed by atoms with Crippen LogP contribution in [0.15, 0.2) is 11.4 Å². The Kier molecular flexibility index (Phi) is 4.42. The van der Waals surface area contributed by atoms with Gasteiger partial charge in [0.05, 0.1) is 7.11 Å². The van der Waals surface area contributed by atoms with Gasteiger partial charge in [-0.3, -0.25) is 9.59 Å². The number of hydrogen-bond acceptors (Lipinski definition) is 4. The minimum Gasteiger partial charge on any atom is -0.495 e. The Morgan fingerprint density at radius 2 is 2.32 bits per heavy atom. The fraction of sp³-hybridized carbons (Fsp3) is 0.538. The minimum absolute atomic E-state index is 0.0576. The molecule has 0 radical (unpaired) electrons. The van der Waals surface area contributed by atoms with Gasteiger partial charge in [0, 0.05) is 19.0 Å². The van der Waals surface area contributed by atoms with E-state index in [9.17, 15) is 9.59 Å². The average molecular weight is 282 g/mol. The Bertz CT molecular complexity index is 472. The lowest BCUT2D eigenvalue weighted by atomic mass is 9.99. The quantitative estimate of drug-likeness (QED) is 0.912. The molecule has 2 heterocycles. The van der Waals surface area contributed by atoms with Crippen molar-refractivity contribution in [3.8, 4) is 5.75 Å². The number of likely N-dealkylation sites (tertiary alicyclic amines) is 1. The van der Waals surface area contributed by atoms with E-state index < -0.39 is 0 Å². The molecular weight excluding hydrogens is 264 g/mol. The lowest BCUT2D eigenvalue weighted by Crippen LogP contribution is -2.45. The van der Waals surface area contributed by atoms with Crippen LogP contribution in [0.1, 0.15) is 35.4 Å². The van der Waals surface area contributed by atoms with Crippen LogP contribution < -0.4 is 10.5 Å². The Morgan fingerprint density at radius 3 is 3.00 bits per heavy atom. The molecule has 0 unspecified atom stereocenters. The zero-order valence-electron chi connectivity index (χ0n) is 10.9. The molecule has 1 aromatic rings. The summed E-state index contributed by atoms with van der Waals surface area (Å²) in [5.41, 5.74) is 5.26. The van der Waals surface area contributed by atoms with Gasteiger partial charge in [-0.15, -0.1) is 11.3 Å². The molecule has 1 aliphatic heterocycles. The number of carbonyl (C=O) groups is 2. The number of rotatable bonds is 4. The van der Waals surface area contributed by atoms with E-state index in [2.05, 4.69) is 0 Å². The monoisotopic (exact) mass is 282 g/mol. The van der Waals surface area contributed by atoms with Gasteiger partial charge in [0.1, 0.15) is 10.6 Å². The highest BCUT2D eigenvalue weighted by Crippen LogP contribution is 2.29. The summed E-state index contributed by atoms with van der Waals surface area (Å²) in [5, 5.41) is 1.83. The summed E-state index contributed by atoms with van der Waals surface area (Å²) in [6, 6.07) is 1.70. The summed E-state index contributed by atoms with van der Waals surface area (Å²) in [6.45, 7) is 0.678. The van der Waals surface area contributed by atoms with Crippen LogP contribution in [0.2, 0.25) is 0 Å². The first-order valence-electron chi connectivity index (χ1n) is 6.34. The second-order valence-electron chi connectivity index (χ2n) is 4.64. The van der Waals surface area contributed by atoms with Crippen molar-refractivity contribution in [1.82, 2.24) is 4.90 Å². The molecule has 2 amide bonds. The van der Waals surface area contributed by atoms with Gasteiger partial charge in [0.2, 0.25) is 5.91 Å². The fourth-order valence-electron chi connectivity index (χ4n) is 2.46. The van der Waals surface area contributed by atoms with Crippen LogP contribution in [0, 0.1) is 0 Å². The van der Waals surface area contributed by atoms with Crippen molar-refractivity contribution in [3.63, 3.8) is 0 Å². The van der Waals surface area contributed by atoms with E-state index >= 15 is 0 Å². The predicted molar refractivity (Wildman–Crippen MR) is 73.4 cm³/mol. The molecule has 6 heteroatoms. The van der Waals surface area contributed by atoms with Crippen molar-refractivity contribution in [3.05, 3.63) is 16.3 Å². The second-order valence-corrected chi connectivity index (χ2v) is 5.55. The maximum absolute atomic E-state index is 12.5. The molecule has 1 saturated heterocycles. The number of amides is 2. The summed E-state index contributed by atoms with van der Waals surface area (Å²) in [7, 11) is 1.55. The largest absolute Gasteiger partial charge is 0.495 e. The molecule has 0 bridgehead atoms. The Labute approximate surface area is 116 Å². The van der Waals surface area contributed by atoms with Crippen LogP contribution in [0.3, 0.4) is 0 Å². The van der Waals surface area contributed by atoms with Crippen LogP contribution >= 0.6 is 11.3 Å². The number of ether oxygens (including phenoxy) is 1. The minimum atomic E-state index is -0.358.